The first-order chi connectivity index (χ1) is 6.86. The molecule has 76 valence electrons. The summed E-state index contributed by atoms with van der Waals surface area (Å²) in [5, 5.41) is 0. The zero-order valence-corrected chi connectivity index (χ0v) is 9.16. The number of benzene rings is 1. The van der Waals surface area contributed by atoms with E-state index in [-0.39, 0.29) is 0 Å². The molecule has 1 heteroatoms. The highest BCUT2D eigenvalue weighted by Crippen LogP contribution is 2.31. The van der Waals surface area contributed by atoms with E-state index in [0.717, 1.165) is 12.6 Å². The number of anilines is 1. The lowest BCUT2D eigenvalue weighted by molar-refractivity contribution is 0.521. The average Bonchev–Trinajstić information content (AvgIpc) is 2.27. The molecule has 0 radical (unpaired) electrons. The normalized spacial score (nSPS) is 20.7. The molecule has 14 heavy (non-hydrogen) atoms. The summed E-state index contributed by atoms with van der Waals surface area (Å²) in [5.41, 5.74) is 2.99. The Kier molecular flexibility index (Phi) is 2.76. The minimum atomic E-state index is 0.759. The van der Waals surface area contributed by atoms with Gasteiger partial charge in [0, 0.05) is 18.3 Å². The Labute approximate surface area is 86.7 Å². The van der Waals surface area contributed by atoms with E-state index in [9.17, 15) is 0 Å². The van der Waals surface area contributed by atoms with E-state index in [1.54, 1.807) is 0 Å². The van der Waals surface area contributed by atoms with Crippen molar-refractivity contribution >= 4 is 5.69 Å². The minimum absolute atomic E-state index is 0.759. The van der Waals surface area contributed by atoms with Crippen LogP contribution in [0.2, 0.25) is 0 Å². The van der Waals surface area contributed by atoms with Crippen molar-refractivity contribution in [3.8, 4) is 0 Å². The number of hydrogen-bond acceptors (Lipinski definition) is 1. The molecule has 0 saturated heterocycles. The summed E-state index contributed by atoms with van der Waals surface area (Å²) in [6.45, 7) is 5.68. The fraction of sp³-hybridized carbons (Fsp3) is 0.538. The second-order valence-corrected chi connectivity index (χ2v) is 4.02. The first-order valence-electron chi connectivity index (χ1n) is 5.71. The smallest absolute Gasteiger partial charge is 0.0401 e. The van der Waals surface area contributed by atoms with Gasteiger partial charge in [-0.1, -0.05) is 25.1 Å². The van der Waals surface area contributed by atoms with Crippen LogP contribution < -0.4 is 4.90 Å². The molecule has 1 aliphatic rings. The molecule has 0 aromatic heterocycles. The van der Waals surface area contributed by atoms with Crippen molar-refractivity contribution in [3.05, 3.63) is 29.8 Å². The van der Waals surface area contributed by atoms with Gasteiger partial charge in [-0.25, -0.2) is 0 Å². The molecule has 1 nitrogen and oxygen atoms in total. The zero-order valence-electron chi connectivity index (χ0n) is 9.16. The van der Waals surface area contributed by atoms with Crippen LogP contribution in [0.3, 0.4) is 0 Å². The predicted octanol–water partition coefficient (Wildman–Crippen LogP) is 3.24. The van der Waals surface area contributed by atoms with E-state index in [2.05, 4.69) is 43.0 Å². The predicted molar refractivity (Wildman–Crippen MR) is 61.9 cm³/mol. The van der Waals surface area contributed by atoms with Gasteiger partial charge in [-0.15, -0.1) is 0 Å². The third-order valence-corrected chi connectivity index (χ3v) is 3.30. The van der Waals surface area contributed by atoms with Crippen LogP contribution in [0.1, 0.15) is 32.3 Å². The Morgan fingerprint density at radius 2 is 2.07 bits per heavy atom. The molecular formula is C13H19N. The Morgan fingerprint density at radius 1 is 1.29 bits per heavy atom. The van der Waals surface area contributed by atoms with Gasteiger partial charge in [-0.05, 0) is 37.8 Å². The van der Waals surface area contributed by atoms with E-state index >= 15 is 0 Å². The average molecular weight is 189 g/mol. The molecule has 1 heterocycles. The highest BCUT2D eigenvalue weighted by molar-refractivity contribution is 5.56. The third kappa shape index (κ3) is 1.52. The van der Waals surface area contributed by atoms with Crippen molar-refractivity contribution in [3.63, 3.8) is 0 Å². The molecule has 0 bridgehead atoms. The van der Waals surface area contributed by atoms with Crippen LogP contribution in [0.4, 0.5) is 5.69 Å². The van der Waals surface area contributed by atoms with Gasteiger partial charge >= 0.3 is 0 Å². The summed E-state index contributed by atoms with van der Waals surface area (Å²) >= 11 is 0. The molecule has 0 amide bonds. The first kappa shape index (κ1) is 9.57. The maximum Gasteiger partial charge on any atom is 0.0401 e. The molecular weight excluding hydrogens is 170 g/mol. The van der Waals surface area contributed by atoms with Crippen molar-refractivity contribution < 1.29 is 0 Å². The topological polar surface area (TPSA) is 3.24 Å². The maximum atomic E-state index is 2.55. The largest absolute Gasteiger partial charge is 0.369 e. The van der Waals surface area contributed by atoms with Gasteiger partial charge < -0.3 is 4.90 Å². The second-order valence-electron chi connectivity index (χ2n) is 4.02. The molecule has 0 N–H and O–H groups in total. The standard InChI is InChI=1S/C13H19N/c1-3-12-10-9-11-7-5-6-8-13(11)14(12)4-2/h5-8,12H,3-4,9-10H2,1-2H3. The van der Waals surface area contributed by atoms with Crippen LogP contribution in [0.15, 0.2) is 24.3 Å². The van der Waals surface area contributed by atoms with E-state index in [1.165, 1.54) is 30.5 Å². The summed E-state index contributed by atoms with van der Waals surface area (Å²) < 4.78 is 0. The lowest BCUT2D eigenvalue weighted by Crippen LogP contribution is -2.38. The molecule has 0 aliphatic carbocycles. The van der Waals surface area contributed by atoms with Crippen LogP contribution in [0.25, 0.3) is 0 Å². The number of fused-ring (bicyclic) bond motifs is 1. The Bertz CT molecular complexity index is 306. The Hall–Kier alpha value is -0.980. The number of nitrogens with zero attached hydrogens (tertiary/aromatic N) is 1. The summed E-state index contributed by atoms with van der Waals surface area (Å²) in [4.78, 5) is 2.55. The van der Waals surface area contributed by atoms with E-state index in [1.807, 2.05) is 0 Å². The molecule has 2 rings (SSSR count). The van der Waals surface area contributed by atoms with Crippen LogP contribution >= 0.6 is 0 Å². The van der Waals surface area contributed by atoms with E-state index in [0.29, 0.717) is 0 Å². The number of para-hydroxylation sites is 1. The van der Waals surface area contributed by atoms with Gasteiger partial charge in [0.15, 0.2) is 0 Å². The Morgan fingerprint density at radius 3 is 2.79 bits per heavy atom. The highest BCUT2D eigenvalue weighted by Gasteiger charge is 2.22. The van der Waals surface area contributed by atoms with Crippen LogP contribution in [-0.2, 0) is 6.42 Å². The lowest BCUT2D eigenvalue weighted by atomic mass is 9.94. The number of hydrogen-bond donors (Lipinski definition) is 0. The van der Waals surface area contributed by atoms with Gasteiger partial charge in [0.2, 0.25) is 0 Å². The van der Waals surface area contributed by atoms with Gasteiger partial charge in [0.25, 0.3) is 0 Å². The van der Waals surface area contributed by atoms with Gasteiger partial charge in [-0.3, -0.25) is 0 Å². The van der Waals surface area contributed by atoms with E-state index in [4.69, 9.17) is 0 Å². The molecule has 0 saturated carbocycles. The molecule has 0 spiro atoms. The molecule has 1 atom stereocenters. The van der Waals surface area contributed by atoms with Crippen molar-refractivity contribution in [2.45, 2.75) is 39.2 Å². The molecule has 1 unspecified atom stereocenters. The van der Waals surface area contributed by atoms with Gasteiger partial charge in [0.1, 0.15) is 0 Å². The molecule has 1 aliphatic heterocycles. The maximum absolute atomic E-state index is 2.55. The fourth-order valence-corrected chi connectivity index (χ4v) is 2.53. The number of aryl methyl sites for hydroxylation is 1. The van der Waals surface area contributed by atoms with Crippen LogP contribution in [-0.4, -0.2) is 12.6 Å². The zero-order chi connectivity index (χ0) is 9.97. The van der Waals surface area contributed by atoms with Crippen molar-refractivity contribution in [1.82, 2.24) is 0 Å². The second kappa shape index (κ2) is 4.04. The quantitative estimate of drug-likeness (QED) is 0.690. The summed E-state index contributed by atoms with van der Waals surface area (Å²) in [5.74, 6) is 0. The monoisotopic (exact) mass is 189 g/mol. The Balaban J connectivity index is 2.34. The van der Waals surface area contributed by atoms with Gasteiger partial charge in [-0.2, -0.15) is 0 Å². The lowest BCUT2D eigenvalue weighted by Gasteiger charge is -2.37. The first-order valence-corrected chi connectivity index (χ1v) is 5.71. The molecule has 1 aromatic rings. The third-order valence-electron chi connectivity index (χ3n) is 3.30. The van der Waals surface area contributed by atoms with Crippen molar-refractivity contribution in [2.75, 3.05) is 11.4 Å². The summed E-state index contributed by atoms with van der Waals surface area (Å²) in [6.07, 6.45) is 3.84. The molecule has 1 aromatic carbocycles. The van der Waals surface area contributed by atoms with Crippen LogP contribution in [0, 0.1) is 0 Å². The summed E-state index contributed by atoms with van der Waals surface area (Å²) in [7, 11) is 0. The van der Waals surface area contributed by atoms with Crippen molar-refractivity contribution in [2.24, 2.45) is 0 Å². The van der Waals surface area contributed by atoms with Crippen molar-refractivity contribution in [1.29, 1.82) is 0 Å². The minimum Gasteiger partial charge on any atom is -0.369 e. The van der Waals surface area contributed by atoms with Crippen LogP contribution in [0.5, 0.6) is 0 Å². The SMILES string of the molecule is CCC1CCc2ccccc2N1CC. The fourth-order valence-electron chi connectivity index (χ4n) is 2.53. The number of rotatable bonds is 2. The van der Waals surface area contributed by atoms with Gasteiger partial charge in [0.05, 0.1) is 0 Å². The highest BCUT2D eigenvalue weighted by atomic mass is 15.2. The van der Waals surface area contributed by atoms with E-state index < -0.39 is 0 Å². The molecule has 0 fully saturated rings. The summed E-state index contributed by atoms with van der Waals surface area (Å²) in [6, 6.07) is 9.60.